The Labute approximate surface area is 175 Å². The monoisotopic (exact) mass is 431 g/mol. The summed E-state index contributed by atoms with van der Waals surface area (Å²) < 4.78 is 45.5. The fourth-order valence-corrected chi connectivity index (χ4v) is 3.61. The van der Waals surface area contributed by atoms with E-state index in [1.54, 1.807) is 22.8 Å². The van der Waals surface area contributed by atoms with E-state index in [0.29, 0.717) is 23.2 Å². The number of nitrogens with one attached hydrogen (secondary N) is 1. The number of halogens is 3. The largest absolute Gasteiger partial charge is 0.484 e. The van der Waals surface area contributed by atoms with Crippen molar-refractivity contribution in [1.29, 1.82) is 0 Å². The highest BCUT2D eigenvalue weighted by Gasteiger charge is 2.30. The molecule has 1 aromatic heterocycles. The lowest BCUT2D eigenvalue weighted by Crippen LogP contribution is -2.24. The quantitative estimate of drug-likeness (QED) is 0.673. The summed E-state index contributed by atoms with van der Waals surface area (Å²) in [6, 6.07) is 9.18. The Kier molecular flexibility index (Phi) is 5.67. The Hall–Kier alpha value is -3.36. The molecule has 0 saturated carbocycles. The zero-order valence-electron chi connectivity index (χ0n) is 16.5. The number of hydrogen-bond donors (Lipinski definition) is 1. The summed E-state index contributed by atoms with van der Waals surface area (Å²) in [6.45, 7) is 0.211. The maximum atomic E-state index is 12.9. The molecule has 0 bridgehead atoms. The van der Waals surface area contributed by atoms with E-state index in [0.717, 1.165) is 43.6 Å². The molecule has 162 valence electrons. The molecule has 0 radical (unpaired) electrons. The second-order valence-corrected chi connectivity index (χ2v) is 7.39. The van der Waals surface area contributed by atoms with Crippen molar-refractivity contribution in [3.05, 3.63) is 64.2 Å². The Morgan fingerprint density at radius 3 is 2.77 bits per heavy atom. The summed E-state index contributed by atoms with van der Waals surface area (Å²) in [4.78, 5) is 29.6. The average Bonchev–Trinajstić information content (AvgIpc) is 2.98. The number of fused-ring (bicyclic) bond motifs is 2. The van der Waals surface area contributed by atoms with Crippen LogP contribution in [0, 0.1) is 0 Å². The number of aromatic nitrogens is 2. The van der Waals surface area contributed by atoms with Crippen LogP contribution in [-0.4, -0.2) is 22.1 Å². The third-order valence-corrected chi connectivity index (χ3v) is 5.13. The highest BCUT2D eigenvalue weighted by molar-refractivity contribution is 5.92. The number of carbonyl (C=O) groups excluding carboxylic acids is 1. The maximum absolute atomic E-state index is 12.9. The lowest BCUT2D eigenvalue weighted by Gasteiger charge is -2.12. The van der Waals surface area contributed by atoms with Crippen molar-refractivity contribution in [3.8, 4) is 5.75 Å². The van der Waals surface area contributed by atoms with Crippen LogP contribution in [0.15, 0.2) is 47.3 Å². The van der Waals surface area contributed by atoms with Crippen LogP contribution in [0.4, 0.5) is 18.9 Å². The molecular weight excluding hydrogens is 411 g/mol. The number of alkyl halides is 3. The van der Waals surface area contributed by atoms with Gasteiger partial charge in [-0.25, -0.2) is 4.98 Å². The van der Waals surface area contributed by atoms with Crippen LogP contribution in [0.25, 0.3) is 10.9 Å². The third kappa shape index (κ3) is 4.70. The van der Waals surface area contributed by atoms with Gasteiger partial charge in [0, 0.05) is 18.7 Å². The van der Waals surface area contributed by atoms with E-state index in [9.17, 15) is 22.8 Å². The van der Waals surface area contributed by atoms with Gasteiger partial charge >= 0.3 is 6.18 Å². The van der Waals surface area contributed by atoms with E-state index in [-0.39, 0.29) is 11.2 Å². The molecule has 2 aromatic carbocycles. The van der Waals surface area contributed by atoms with E-state index >= 15 is 0 Å². The highest BCUT2D eigenvalue weighted by atomic mass is 19.4. The standard InChI is InChI=1S/C22H20F3N3O3/c23-22(24,25)14-5-4-6-15(11-14)26-20(29)13-31-16-8-9-18-17(12-16)21(30)28-10-3-1-2-7-19(28)27-18/h4-6,8-9,11-12H,1-3,7,10,13H2,(H,26,29). The van der Waals surface area contributed by atoms with Crippen LogP contribution in [0.5, 0.6) is 5.75 Å². The summed E-state index contributed by atoms with van der Waals surface area (Å²) in [5, 5.41) is 2.78. The Bertz CT molecular complexity index is 1190. The minimum Gasteiger partial charge on any atom is -0.484 e. The number of hydrogen-bond acceptors (Lipinski definition) is 4. The molecule has 0 unspecified atom stereocenters. The average molecular weight is 431 g/mol. The summed E-state index contributed by atoms with van der Waals surface area (Å²) >= 11 is 0. The number of aryl methyl sites for hydroxylation is 1. The van der Waals surface area contributed by atoms with Gasteiger partial charge in [0.1, 0.15) is 11.6 Å². The highest BCUT2D eigenvalue weighted by Crippen LogP contribution is 2.30. The molecule has 9 heteroatoms. The van der Waals surface area contributed by atoms with Gasteiger partial charge in [-0.1, -0.05) is 12.5 Å². The van der Waals surface area contributed by atoms with Gasteiger partial charge in [-0.05, 0) is 49.2 Å². The van der Waals surface area contributed by atoms with Crippen LogP contribution in [0.1, 0.15) is 30.7 Å². The van der Waals surface area contributed by atoms with E-state index in [2.05, 4.69) is 10.3 Å². The minimum absolute atomic E-state index is 0.0204. The van der Waals surface area contributed by atoms with Crippen molar-refractivity contribution >= 4 is 22.5 Å². The molecule has 1 aliphatic heterocycles. The molecule has 0 aliphatic carbocycles. The van der Waals surface area contributed by atoms with Crippen LogP contribution >= 0.6 is 0 Å². The van der Waals surface area contributed by atoms with Crippen LogP contribution < -0.4 is 15.6 Å². The predicted octanol–water partition coefficient (Wildman–Crippen LogP) is 4.16. The molecule has 0 atom stereocenters. The molecule has 2 heterocycles. The van der Waals surface area contributed by atoms with Crippen molar-refractivity contribution in [2.24, 2.45) is 0 Å². The first-order valence-corrected chi connectivity index (χ1v) is 9.95. The number of anilines is 1. The van der Waals surface area contributed by atoms with Crippen molar-refractivity contribution in [1.82, 2.24) is 9.55 Å². The lowest BCUT2D eigenvalue weighted by atomic mass is 10.2. The molecular formula is C22H20F3N3O3. The second-order valence-electron chi connectivity index (χ2n) is 7.39. The van der Waals surface area contributed by atoms with E-state index in [4.69, 9.17) is 4.74 Å². The van der Waals surface area contributed by atoms with Gasteiger partial charge in [-0.2, -0.15) is 13.2 Å². The summed E-state index contributed by atoms with van der Waals surface area (Å²) in [7, 11) is 0. The molecule has 1 aliphatic rings. The van der Waals surface area contributed by atoms with E-state index < -0.39 is 24.3 Å². The fourth-order valence-electron chi connectivity index (χ4n) is 3.61. The Morgan fingerprint density at radius 1 is 1.13 bits per heavy atom. The predicted molar refractivity (Wildman–Crippen MR) is 109 cm³/mol. The van der Waals surface area contributed by atoms with Gasteiger partial charge in [0.15, 0.2) is 6.61 Å². The smallest absolute Gasteiger partial charge is 0.416 e. The molecule has 1 N–H and O–H groups in total. The van der Waals surface area contributed by atoms with Crippen LogP contribution in [0.2, 0.25) is 0 Å². The van der Waals surface area contributed by atoms with Gasteiger partial charge in [0.05, 0.1) is 16.5 Å². The fraction of sp³-hybridized carbons (Fsp3) is 0.318. The van der Waals surface area contributed by atoms with Crippen LogP contribution in [0.3, 0.4) is 0 Å². The Morgan fingerprint density at radius 2 is 1.97 bits per heavy atom. The maximum Gasteiger partial charge on any atom is 0.416 e. The minimum atomic E-state index is -4.50. The number of carbonyl (C=O) groups is 1. The van der Waals surface area contributed by atoms with Gasteiger partial charge in [-0.3, -0.25) is 14.2 Å². The molecule has 3 aromatic rings. The summed E-state index contributed by atoms with van der Waals surface area (Å²) in [5.41, 5.74) is -0.403. The molecule has 0 saturated heterocycles. The molecule has 0 fully saturated rings. The number of ether oxygens (including phenoxy) is 1. The molecule has 4 rings (SSSR count). The molecule has 31 heavy (non-hydrogen) atoms. The normalized spacial score (nSPS) is 14.0. The number of benzene rings is 2. The Balaban J connectivity index is 1.47. The van der Waals surface area contributed by atoms with Crippen molar-refractivity contribution in [3.63, 3.8) is 0 Å². The first-order valence-electron chi connectivity index (χ1n) is 9.95. The van der Waals surface area contributed by atoms with E-state index in [1.165, 1.54) is 12.1 Å². The third-order valence-electron chi connectivity index (χ3n) is 5.13. The van der Waals surface area contributed by atoms with Crippen molar-refractivity contribution in [2.45, 2.75) is 38.4 Å². The number of amides is 1. The summed E-state index contributed by atoms with van der Waals surface area (Å²) in [5.74, 6) is 0.472. The molecule has 0 spiro atoms. The molecule has 1 amide bonds. The van der Waals surface area contributed by atoms with Crippen molar-refractivity contribution in [2.75, 3.05) is 11.9 Å². The van der Waals surface area contributed by atoms with Gasteiger partial charge < -0.3 is 10.1 Å². The van der Waals surface area contributed by atoms with Crippen molar-refractivity contribution < 1.29 is 22.7 Å². The van der Waals surface area contributed by atoms with E-state index in [1.807, 2.05) is 0 Å². The second kappa shape index (κ2) is 8.41. The molecule has 6 nitrogen and oxygen atoms in total. The first kappa shape index (κ1) is 20.9. The van der Waals surface area contributed by atoms with Gasteiger partial charge in [0.2, 0.25) is 0 Å². The number of nitrogens with zero attached hydrogens (tertiary/aromatic N) is 2. The summed E-state index contributed by atoms with van der Waals surface area (Å²) in [6.07, 6.45) is -0.762. The lowest BCUT2D eigenvalue weighted by molar-refractivity contribution is -0.137. The zero-order valence-corrected chi connectivity index (χ0v) is 16.5. The first-order chi connectivity index (χ1) is 14.8. The van der Waals surface area contributed by atoms with Gasteiger partial charge in [-0.15, -0.1) is 0 Å². The number of rotatable bonds is 4. The topological polar surface area (TPSA) is 73.2 Å². The van der Waals surface area contributed by atoms with Gasteiger partial charge in [0.25, 0.3) is 11.5 Å². The SMILES string of the molecule is O=C(COc1ccc2nc3n(c(=O)c2c1)CCCCC3)Nc1cccc(C(F)(F)F)c1. The van der Waals surface area contributed by atoms with Crippen LogP contribution in [-0.2, 0) is 23.9 Å². The zero-order chi connectivity index (χ0) is 22.0.